The van der Waals surface area contributed by atoms with E-state index in [1.54, 1.807) is 5.38 Å². The van der Waals surface area contributed by atoms with Gasteiger partial charge >= 0.3 is 6.18 Å². The van der Waals surface area contributed by atoms with Crippen LogP contribution in [0, 0.1) is 12.8 Å². The molecule has 1 aromatic heterocycles. The molecule has 0 radical (unpaired) electrons. The van der Waals surface area contributed by atoms with Gasteiger partial charge in [-0.1, -0.05) is 25.4 Å². The van der Waals surface area contributed by atoms with Gasteiger partial charge in [-0.05, 0) is 31.0 Å². The summed E-state index contributed by atoms with van der Waals surface area (Å²) in [7, 11) is 0. The van der Waals surface area contributed by atoms with Crippen LogP contribution in [0.15, 0.2) is 23.6 Å². The molecule has 4 nitrogen and oxygen atoms in total. The molecule has 1 heterocycles. The van der Waals surface area contributed by atoms with E-state index in [1.807, 2.05) is 20.8 Å². The molecule has 0 fully saturated rings. The molecule has 0 unspecified atom stereocenters. The Bertz CT molecular complexity index is 761. The molecule has 2 aromatic rings. The van der Waals surface area contributed by atoms with Gasteiger partial charge < -0.3 is 10.6 Å². The number of alkyl halides is 3. The number of benzene rings is 1. The van der Waals surface area contributed by atoms with Gasteiger partial charge in [0.15, 0.2) is 5.13 Å². The van der Waals surface area contributed by atoms with Crippen molar-refractivity contribution in [3.8, 4) is 0 Å². The number of nitrogens with one attached hydrogen (secondary N) is 2. The molecular formula is C16H17ClF3N3OS. The molecule has 0 bridgehead atoms. The number of amides is 1. The number of rotatable bonds is 5. The number of thiazole rings is 1. The number of anilines is 2. The molecule has 9 heteroatoms. The number of hydrogen-bond donors (Lipinski definition) is 2. The first kappa shape index (κ1) is 19.5. The lowest BCUT2D eigenvalue weighted by atomic mass is 10.0. The van der Waals surface area contributed by atoms with Crippen molar-refractivity contribution in [1.29, 1.82) is 0 Å². The maximum Gasteiger partial charge on any atom is 0.416 e. The Morgan fingerprint density at radius 3 is 2.48 bits per heavy atom. The molecule has 0 aliphatic carbocycles. The second kappa shape index (κ2) is 7.61. The van der Waals surface area contributed by atoms with E-state index in [4.69, 9.17) is 11.6 Å². The summed E-state index contributed by atoms with van der Waals surface area (Å²) in [6.07, 6.45) is -4.47. The van der Waals surface area contributed by atoms with Crippen LogP contribution < -0.4 is 10.6 Å². The van der Waals surface area contributed by atoms with Crippen molar-refractivity contribution in [3.05, 3.63) is 39.9 Å². The van der Waals surface area contributed by atoms with Gasteiger partial charge in [0.1, 0.15) is 6.04 Å². The van der Waals surface area contributed by atoms with E-state index in [1.165, 1.54) is 17.4 Å². The van der Waals surface area contributed by atoms with Gasteiger partial charge in [0.2, 0.25) is 5.91 Å². The minimum absolute atomic E-state index is 0.0987. The highest BCUT2D eigenvalue weighted by atomic mass is 35.5. The minimum Gasteiger partial charge on any atom is -0.372 e. The summed E-state index contributed by atoms with van der Waals surface area (Å²) >= 11 is 7.25. The van der Waals surface area contributed by atoms with Gasteiger partial charge in [-0.15, -0.1) is 11.3 Å². The molecule has 1 atom stereocenters. The topological polar surface area (TPSA) is 54.0 Å². The van der Waals surface area contributed by atoms with Crippen LogP contribution in [0.1, 0.15) is 25.1 Å². The summed E-state index contributed by atoms with van der Waals surface area (Å²) in [4.78, 5) is 16.6. The Morgan fingerprint density at radius 2 is 2.00 bits per heavy atom. The van der Waals surface area contributed by atoms with Crippen molar-refractivity contribution >= 4 is 39.7 Å². The summed E-state index contributed by atoms with van der Waals surface area (Å²) in [6.45, 7) is 5.46. The Labute approximate surface area is 152 Å². The van der Waals surface area contributed by atoms with E-state index < -0.39 is 17.8 Å². The normalized spacial score (nSPS) is 13.0. The smallest absolute Gasteiger partial charge is 0.372 e. The Balaban J connectivity index is 2.17. The molecule has 2 rings (SSSR count). The van der Waals surface area contributed by atoms with Crippen LogP contribution >= 0.6 is 22.9 Å². The molecule has 0 spiro atoms. The Kier molecular flexibility index (Phi) is 5.95. The molecule has 2 N–H and O–H groups in total. The summed E-state index contributed by atoms with van der Waals surface area (Å²) in [5, 5.41) is 7.79. The second-order valence-corrected chi connectivity index (χ2v) is 7.11. The van der Waals surface area contributed by atoms with Gasteiger partial charge in [-0.3, -0.25) is 4.79 Å². The van der Waals surface area contributed by atoms with Gasteiger partial charge in [0, 0.05) is 5.38 Å². The zero-order valence-electron chi connectivity index (χ0n) is 13.7. The molecule has 1 amide bonds. The fourth-order valence-corrected chi connectivity index (χ4v) is 3.03. The summed E-state index contributed by atoms with van der Waals surface area (Å²) in [6, 6.07) is 2.30. The first-order valence-corrected chi connectivity index (χ1v) is 8.70. The summed E-state index contributed by atoms with van der Waals surface area (Å²) < 4.78 is 38.1. The first-order valence-electron chi connectivity index (χ1n) is 7.44. The Hall–Kier alpha value is -1.80. The molecule has 136 valence electrons. The van der Waals surface area contributed by atoms with Crippen LogP contribution in [0.2, 0.25) is 5.02 Å². The van der Waals surface area contributed by atoms with Crippen molar-refractivity contribution in [1.82, 2.24) is 4.98 Å². The largest absolute Gasteiger partial charge is 0.416 e. The third-order valence-electron chi connectivity index (χ3n) is 3.41. The highest BCUT2D eigenvalue weighted by Crippen LogP contribution is 2.34. The second-order valence-electron chi connectivity index (χ2n) is 5.84. The van der Waals surface area contributed by atoms with Crippen LogP contribution in [-0.2, 0) is 11.0 Å². The van der Waals surface area contributed by atoms with Crippen LogP contribution in [0.3, 0.4) is 0 Å². The van der Waals surface area contributed by atoms with Gasteiger partial charge in [-0.25, -0.2) is 4.98 Å². The molecule has 0 aliphatic rings. The third-order valence-corrected chi connectivity index (χ3v) is 4.59. The Morgan fingerprint density at radius 1 is 1.32 bits per heavy atom. The minimum atomic E-state index is -4.47. The summed E-state index contributed by atoms with van der Waals surface area (Å²) in [5.74, 6) is -0.459. The maximum absolute atomic E-state index is 12.7. The van der Waals surface area contributed by atoms with E-state index in [0.717, 1.165) is 17.8 Å². The number of aryl methyl sites for hydroxylation is 1. The SMILES string of the molecule is Cc1csc(NC(=O)[C@@H](Nc2ccc(C(F)(F)F)cc2Cl)C(C)C)n1. The highest BCUT2D eigenvalue weighted by Gasteiger charge is 2.31. The molecule has 0 aliphatic heterocycles. The lowest BCUT2D eigenvalue weighted by Gasteiger charge is -2.23. The van der Waals surface area contributed by atoms with E-state index in [9.17, 15) is 18.0 Å². The molecular weight excluding hydrogens is 375 g/mol. The van der Waals surface area contributed by atoms with Crippen molar-refractivity contribution in [2.45, 2.75) is 33.0 Å². The lowest BCUT2D eigenvalue weighted by Crippen LogP contribution is -2.39. The van der Waals surface area contributed by atoms with Crippen LogP contribution in [0.5, 0.6) is 0 Å². The number of carbonyl (C=O) groups is 1. The summed E-state index contributed by atoms with van der Waals surface area (Å²) in [5.41, 5.74) is 0.214. The third kappa shape index (κ3) is 5.09. The van der Waals surface area contributed by atoms with Crippen molar-refractivity contribution in [2.75, 3.05) is 10.6 Å². The molecule has 0 saturated carbocycles. The van der Waals surface area contributed by atoms with Crippen molar-refractivity contribution < 1.29 is 18.0 Å². The molecule has 25 heavy (non-hydrogen) atoms. The van der Waals surface area contributed by atoms with Gasteiger partial charge in [0.05, 0.1) is 22.0 Å². The fourth-order valence-electron chi connectivity index (χ4n) is 2.11. The monoisotopic (exact) mass is 391 g/mol. The van der Waals surface area contributed by atoms with E-state index >= 15 is 0 Å². The number of nitrogens with zero attached hydrogens (tertiary/aromatic N) is 1. The highest BCUT2D eigenvalue weighted by molar-refractivity contribution is 7.13. The van der Waals surface area contributed by atoms with Crippen LogP contribution in [0.4, 0.5) is 24.0 Å². The quantitative estimate of drug-likeness (QED) is 0.736. The lowest BCUT2D eigenvalue weighted by molar-refractivity contribution is -0.137. The average Bonchev–Trinajstić information content (AvgIpc) is 2.89. The van der Waals surface area contributed by atoms with Crippen molar-refractivity contribution in [3.63, 3.8) is 0 Å². The van der Waals surface area contributed by atoms with E-state index in [-0.39, 0.29) is 22.5 Å². The predicted molar refractivity (Wildman–Crippen MR) is 94.2 cm³/mol. The van der Waals surface area contributed by atoms with Crippen molar-refractivity contribution in [2.24, 2.45) is 5.92 Å². The zero-order chi connectivity index (χ0) is 18.8. The first-order chi connectivity index (χ1) is 11.6. The number of hydrogen-bond acceptors (Lipinski definition) is 4. The van der Waals surface area contributed by atoms with Crippen LogP contribution in [-0.4, -0.2) is 16.9 Å². The number of carbonyl (C=O) groups excluding carboxylic acids is 1. The van der Waals surface area contributed by atoms with E-state index in [0.29, 0.717) is 5.13 Å². The van der Waals surface area contributed by atoms with E-state index in [2.05, 4.69) is 15.6 Å². The fraction of sp³-hybridized carbons (Fsp3) is 0.375. The van der Waals surface area contributed by atoms with Crippen LogP contribution in [0.25, 0.3) is 0 Å². The standard InChI is InChI=1S/C16H17ClF3N3OS/c1-8(2)13(14(24)23-15-21-9(3)7-25-15)22-12-5-4-10(6-11(12)17)16(18,19)20/h4-8,13,22H,1-3H3,(H,21,23,24)/t13-/m0/s1. The van der Waals surface area contributed by atoms with Gasteiger partial charge in [0.25, 0.3) is 0 Å². The molecule has 0 saturated heterocycles. The number of halogens is 4. The predicted octanol–water partition coefficient (Wildman–Crippen LogP) is 5.20. The number of aromatic nitrogens is 1. The van der Waals surface area contributed by atoms with Gasteiger partial charge in [-0.2, -0.15) is 13.2 Å². The zero-order valence-corrected chi connectivity index (χ0v) is 15.3. The maximum atomic E-state index is 12.7. The molecule has 1 aromatic carbocycles. The average molecular weight is 392 g/mol.